The molecule has 0 fully saturated rings. The second-order valence-corrected chi connectivity index (χ2v) is 1.81. The molecule has 0 amide bonds. The molecule has 0 atom stereocenters. The van der Waals surface area contributed by atoms with Crippen molar-refractivity contribution in [2.75, 3.05) is 0 Å². The number of hydrogen-bond acceptors (Lipinski definition) is 15. The van der Waals surface area contributed by atoms with Crippen molar-refractivity contribution in [3.63, 3.8) is 0 Å². The van der Waals surface area contributed by atoms with Gasteiger partial charge in [0.05, 0.1) is 0 Å². The van der Waals surface area contributed by atoms with E-state index in [2.05, 4.69) is 14.2 Å². The third kappa shape index (κ3) is 66.3. The fourth-order valence-electron chi connectivity index (χ4n) is 0.204. The van der Waals surface area contributed by atoms with Crippen molar-refractivity contribution in [2.45, 2.75) is 0 Å². The first-order chi connectivity index (χ1) is 9.38. The van der Waals surface area contributed by atoms with Crippen LogP contribution in [0.5, 0.6) is 0 Å². The number of hydrogen-bond donors (Lipinski definition) is 0. The second-order valence-electron chi connectivity index (χ2n) is 1.81. The normalized spacial score (nSPS) is 6.78. The van der Waals surface area contributed by atoms with Crippen LogP contribution >= 0.6 is 0 Å². The van der Waals surface area contributed by atoms with Gasteiger partial charge in [-0.1, -0.05) is 0 Å². The quantitative estimate of drug-likeness (QED) is 0.125. The van der Waals surface area contributed by atoms with Crippen molar-refractivity contribution in [1.29, 1.82) is 0 Å². The van der Waals surface area contributed by atoms with Gasteiger partial charge in [0.15, 0.2) is 0 Å². The van der Waals surface area contributed by atoms with Crippen LogP contribution in [0.3, 0.4) is 0 Å². The Hall–Kier alpha value is -2.53. The molecule has 0 spiro atoms. The topological polar surface area (TPSA) is 268 Å². The number of ether oxygens (including phenoxy) is 3. The van der Waals surface area contributed by atoms with E-state index in [1.54, 1.807) is 0 Å². The van der Waals surface area contributed by atoms with Crippen molar-refractivity contribution < 1.29 is 113 Å². The van der Waals surface area contributed by atoms with Crippen LogP contribution in [0, 0.1) is 0 Å². The van der Waals surface area contributed by atoms with Crippen LogP contribution in [-0.2, 0) is 53.2 Å². The second kappa shape index (κ2) is 19.5. The summed E-state index contributed by atoms with van der Waals surface area (Å²) in [5.41, 5.74) is 0. The summed E-state index contributed by atoms with van der Waals surface area (Å²) in [5, 5.41) is 54.3. The van der Waals surface area contributed by atoms with Crippen LogP contribution in [-0.4, -0.2) is 36.9 Å². The van der Waals surface area contributed by atoms with Gasteiger partial charge in [-0.25, -0.2) is 0 Å². The molecule has 0 saturated heterocycles. The number of carbonyl (C=O) groups excluding carboxylic acids is 6. The van der Waals surface area contributed by atoms with Gasteiger partial charge in [-0.2, -0.15) is 0 Å². The molecular weight excluding hydrogens is 518 g/mol. The molecule has 0 unspecified atom stereocenters. The van der Waals surface area contributed by atoms with Crippen LogP contribution in [0.4, 0.5) is 28.8 Å². The summed E-state index contributed by atoms with van der Waals surface area (Å²) < 4.78 is 8.58. The molecule has 17 heteroatoms. The zero-order valence-electron chi connectivity index (χ0n) is 9.79. The van der Waals surface area contributed by atoms with E-state index < -0.39 is 36.9 Å². The van der Waals surface area contributed by atoms with E-state index in [-0.39, 0.29) is 39.0 Å². The monoisotopic (exact) mass is 518 g/mol. The predicted molar refractivity (Wildman–Crippen MR) is 35.6 cm³/mol. The summed E-state index contributed by atoms with van der Waals surface area (Å²) in [7, 11) is 0. The predicted octanol–water partition coefficient (Wildman–Crippen LogP) is -6.94. The third-order valence-electron chi connectivity index (χ3n) is 0.500. The molecular formula is C6O15Rh2. The van der Waals surface area contributed by atoms with Crippen LogP contribution in [0.15, 0.2) is 0 Å². The van der Waals surface area contributed by atoms with Crippen molar-refractivity contribution in [1.82, 2.24) is 0 Å². The first-order valence-electron chi connectivity index (χ1n) is 3.67. The molecule has 0 aliphatic rings. The fraction of sp³-hybridized carbons (Fsp3) is 0. The number of carbonyl (C=O) groups is 6. The fourth-order valence-corrected chi connectivity index (χ4v) is 0.204. The zero-order chi connectivity index (χ0) is 17.6. The SMILES string of the molecule is O=C([O-])OC(=O)[O-].O=C([O-])OC(=O)[O-].O=C([O-])OC(=O)[O-].[Rh+3].[Rh+3]. The summed E-state index contributed by atoms with van der Waals surface area (Å²) in [6.07, 6.45) is -12.7. The maximum absolute atomic E-state index is 9.06. The summed E-state index contributed by atoms with van der Waals surface area (Å²) in [5.74, 6) is 0. The average Bonchev–Trinajstić information content (AvgIpc) is 2.10. The van der Waals surface area contributed by atoms with Crippen molar-refractivity contribution in [3.8, 4) is 0 Å². The van der Waals surface area contributed by atoms with Gasteiger partial charge < -0.3 is 73.6 Å². The van der Waals surface area contributed by atoms with E-state index in [9.17, 15) is 0 Å². The molecule has 23 heavy (non-hydrogen) atoms. The van der Waals surface area contributed by atoms with Gasteiger partial charge >= 0.3 is 39.0 Å². The molecule has 0 rings (SSSR count). The largest absolute Gasteiger partial charge is 3.00 e. The van der Waals surface area contributed by atoms with Crippen LogP contribution in [0.1, 0.15) is 0 Å². The van der Waals surface area contributed by atoms with E-state index >= 15 is 0 Å². The molecule has 15 nitrogen and oxygen atoms in total. The van der Waals surface area contributed by atoms with Gasteiger partial charge in [-0.15, -0.1) is 0 Å². The number of carboxylic acid groups (broad SMARTS) is 6. The van der Waals surface area contributed by atoms with Crippen LogP contribution in [0.25, 0.3) is 0 Å². The maximum Gasteiger partial charge on any atom is 3.00 e. The first-order valence-corrected chi connectivity index (χ1v) is 3.67. The minimum absolute atomic E-state index is 0. The van der Waals surface area contributed by atoms with E-state index in [0.717, 1.165) is 0 Å². The molecule has 0 aromatic rings. The third-order valence-corrected chi connectivity index (χ3v) is 0.500. The Morgan fingerprint density at radius 1 is 0.391 bits per heavy atom. The molecule has 0 aliphatic carbocycles. The summed E-state index contributed by atoms with van der Waals surface area (Å²) >= 11 is 0. The molecule has 0 N–H and O–H groups in total. The summed E-state index contributed by atoms with van der Waals surface area (Å²) in [6.45, 7) is 0. The van der Waals surface area contributed by atoms with E-state index in [1.807, 2.05) is 0 Å². The minimum Gasteiger partial charge on any atom is -0.483 e. The van der Waals surface area contributed by atoms with E-state index in [0.29, 0.717) is 0 Å². The van der Waals surface area contributed by atoms with Crippen LogP contribution in [0.2, 0.25) is 0 Å². The Kier molecular flexibility index (Phi) is 27.4. The Morgan fingerprint density at radius 3 is 0.478 bits per heavy atom. The van der Waals surface area contributed by atoms with E-state index in [4.69, 9.17) is 59.4 Å². The molecule has 0 bridgehead atoms. The summed E-state index contributed by atoms with van der Waals surface area (Å²) in [6, 6.07) is 0. The van der Waals surface area contributed by atoms with Crippen LogP contribution < -0.4 is 30.6 Å². The van der Waals surface area contributed by atoms with Gasteiger partial charge in [0.25, 0.3) is 36.9 Å². The Morgan fingerprint density at radius 2 is 0.478 bits per heavy atom. The smallest absolute Gasteiger partial charge is 0.483 e. The Balaban J connectivity index is -0.0000000675. The maximum atomic E-state index is 9.06. The molecule has 0 aromatic carbocycles. The molecule has 0 radical (unpaired) electrons. The Labute approximate surface area is 149 Å². The van der Waals surface area contributed by atoms with Gasteiger partial charge in [-0.3, -0.25) is 0 Å². The molecule has 0 saturated carbocycles. The van der Waals surface area contributed by atoms with Gasteiger partial charge in [-0.05, 0) is 0 Å². The van der Waals surface area contributed by atoms with E-state index in [1.165, 1.54) is 0 Å². The zero-order valence-corrected chi connectivity index (χ0v) is 13.1. The molecule has 0 heterocycles. The molecule has 0 aliphatic heterocycles. The minimum atomic E-state index is -2.12. The van der Waals surface area contributed by atoms with Crippen molar-refractivity contribution >= 4 is 36.9 Å². The first kappa shape index (κ1) is 32.4. The Bertz CT molecular complexity index is 318. The van der Waals surface area contributed by atoms with Gasteiger partial charge in [0, 0.05) is 0 Å². The molecule has 0 aromatic heterocycles. The standard InChI is InChI=1S/3C2H2O5.2Rh/c3*3-1(4)7-2(5)6;;/h3*(H,3,4)(H,5,6);;/q;;;2*+3/p-6. The van der Waals surface area contributed by atoms with Crippen molar-refractivity contribution in [3.05, 3.63) is 0 Å². The average molecular weight is 518 g/mol. The summed E-state index contributed by atoms with van der Waals surface area (Å²) in [4.78, 5) is 54.3. The number of rotatable bonds is 0. The van der Waals surface area contributed by atoms with Gasteiger partial charge in [0.1, 0.15) is 0 Å². The van der Waals surface area contributed by atoms with Gasteiger partial charge in [0.2, 0.25) is 0 Å². The van der Waals surface area contributed by atoms with Crippen molar-refractivity contribution in [2.24, 2.45) is 0 Å². The molecule has 132 valence electrons.